The number of ether oxygens (including phenoxy) is 2. The lowest BCUT2D eigenvalue weighted by molar-refractivity contribution is -0.0501. The van der Waals surface area contributed by atoms with Gasteiger partial charge in [0.05, 0.1) is 12.8 Å². The number of rotatable bonds is 8. The third kappa shape index (κ3) is 4.57. The summed E-state index contributed by atoms with van der Waals surface area (Å²) in [7, 11) is 0. The molecule has 36 heavy (non-hydrogen) atoms. The molecule has 4 atom stereocenters. The van der Waals surface area contributed by atoms with Crippen LogP contribution in [0.2, 0.25) is 0 Å². The van der Waals surface area contributed by atoms with E-state index in [2.05, 4.69) is 25.5 Å². The number of hydrazone groups is 1. The van der Waals surface area contributed by atoms with Crippen LogP contribution in [0.25, 0.3) is 11.2 Å². The van der Waals surface area contributed by atoms with Crippen molar-refractivity contribution >= 4 is 29.1 Å². The molecule has 1 fully saturated rings. The summed E-state index contributed by atoms with van der Waals surface area (Å²) in [6.07, 6.45) is -1.92. The van der Waals surface area contributed by atoms with Crippen molar-refractivity contribution in [2.75, 3.05) is 17.8 Å². The van der Waals surface area contributed by atoms with Gasteiger partial charge in [0, 0.05) is 5.56 Å². The number of fused-ring (bicyclic) bond motifs is 1. The van der Waals surface area contributed by atoms with Crippen LogP contribution in [0.3, 0.4) is 0 Å². The Kier molecular flexibility index (Phi) is 6.73. The predicted molar refractivity (Wildman–Crippen MR) is 131 cm³/mol. The number of aromatic nitrogens is 4. The van der Waals surface area contributed by atoms with Gasteiger partial charge in [-0.1, -0.05) is 42.5 Å². The van der Waals surface area contributed by atoms with Gasteiger partial charge in [0.2, 0.25) is 5.95 Å². The molecule has 1 saturated heterocycles. The highest BCUT2D eigenvalue weighted by atomic mass is 16.6. The van der Waals surface area contributed by atoms with Gasteiger partial charge in [-0.25, -0.2) is 20.4 Å². The van der Waals surface area contributed by atoms with Crippen molar-refractivity contribution in [1.29, 1.82) is 0 Å². The number of imidazole rings is 1. The van der Waals surface area contributed by atoms with Crippen LogP contribution in [0.5, 0.6) is 5.75 Å². The maximum atomic E-state index is 10.6. The van der Waals surface area contributed by atoms with Crippen molar-refractivity contribution in [1.82, 2.24) is 19.5 Å². The summed E-state index contributed by atoms with van der Waals surface area (Å²) in [6, 6.07) is 17.2. The monoisotopic (exact) mass is 491 g/mol. The number of anilines is 2. The maximum absolute atomic E-state index is 10.6. The van der Waals surface area contributed by atoms with Crippen LogP contribution in [0, 0.1) is 0 Å². The minimum absolute atomic E-state index is 0.122. The van der Waals surface area contributed by atoms with Crippen LogP contribution in [-0.4, -0.2) is 66.0 Å². The second kappa shape index (κ2) is 10.3. The van der Waals surface area contributed by atoms with E-state index in [1.165, 1.54) is 10.9 Å². The molecule has 0 amide bonds. The van der Waals surface area contributed by atoms with Gasteiger partial charge in [0.1, 0.15) is 37.0 Å². The lowest BCUT2D eigenvalue weighted by Crippen LogP contribution is -2.33. The molecule has 186 valence electrons. The second-order valence-electron chi connectivity index (χ2n) is 8.15. The fourth-order valence-electron chi connectivity index (χ4n) is 3.95. The van der Waals surface area contributed by atoms with Crippen LogP contribution >= 0.6 is 0 Å². The number of nitrogens with one attached hydrogen (secondary N) is 1. The van der Waals surface area contributed by atoms with Gasteiger partial charge in [0.15, 0.2) is 23.2 Å². The average Bonchev–Trinajstić information content (AvgIpc) is 3.41. The molecule has 2 aromatic carbocycles. The highest BCUT2D eigenvalue weighted by molar-refractivity contribution is 5.85. The number of benzene rings is 2. The van der Waals surface area contributed by atoms with Crippen molar-refractivity contribution < 1.29 is 24.8 Å². The maximum Gasteiger partial charge on any atom is 0.228 e. The quantitative estimate of drug-likeness (QED) is 0.177. The Morgan fingerprint density at radius 1 is 1.08 bits per heavy atom. The molecule has 0 unspecified atom stereocenters. The van der Waals surface area contributed by atoms with Crippen molar-refractivity contribution in [2.24, 2.45) is 5.10 Å². The molecule has 4 aromatic rings. The Bertz CT molecular complexity index is 1360. The molecule has 3 heterocycles. The number of nitrogen functional groups attached to an aromatic ring is 1. The van der Waals surface area contributed by atoms with Crippen LogP contribution in [0.4, 0.5) is 11.8 Å². The zero-order valence-electron chi connectivity index (χ0n) is 19.0. The Morgan fingerprint density at radius 2 is 1.86 bits per heavy atom. The van der Waals surface area contributed by atoms with Crippen LogP contribution in [0.1, 0.15) is 17.4 Å². The fourth-order valence-corrected chi connectivity index (χ4v) is 3.95. The van der Waals surface area contributed by atoms with Crippen LogP contribution < -0.4 is 15.9 Å². The molecule has 0 bridgehead atoms. The van der Waals surface area contributed by atoms with Crippen molar-refractivity contribution in [3.63, 3.8) is 0 Å². The average molecular weight is 492 g/mol. The molecule has 1 aliphatic rings. The summed E-state index contributed by atoms with van der Waals surface area (Å²) >= 11 is 0. The minimum atomic E-state index is -1.35. The van der Waals surface area contributed by atoms with E-state index < -0.39 is 31.1 Å². The van der Waals surface area contributed by atoms with E-state index >= 15 is 0 Å². The van der Waals surface area contributed by atoms with Crippen LogP contribution in [-0.2, 0) is 11.3 Å². The molecule has 1 aliphatic heterocycles. The largest absolute Gasteiger partial charge is 0.488 e. The standard InChI is InChI=1S/C24H25N7O5/c25-21-18-22(27-13-26-21)31(23-20(34)19(33)17(11-32)36-23)24(29-18)30-28-10-15-8-4-5-9-16(15)35-12-14-6-2-1-3-7-14/h1-10,13,17,19-20,23,32-34H,11-12H2,(H,29,30)(H2,25,26,27)/t17-,19-,20-,23-/m1/s1. The van der Waals surface area contributed by atoms with E-state index in [4.69, 9.17) is 15.2 Å². The van der Waals surface area contributed by atoms with Gasteiger partial charge in [0.25, 0.3) is 0 Å². The first-order valence-corrected chi connectivity index (χ1v) is 11.2. The normalized spacial score (nSPS) is 21.9. The molecule has 12 nitrogen and oxygen atoms in total. The van der Waals surface area contributed by atoms with E-state index in [1.807, 2.05) is 54.6 Å². The molecular formula is C24H25N7O5. The van der Waals surface area contributed by atoms with Gasteiger partial charge >= 0.3 is 0 Å². The van der Waals surface area contributed by atoms with Crippen molar-refractivity contribution in [3.05, 3.63) is 72.1 Å². The minimum Gasteiger partial charge on any atom is -0.488 e. The Morgan fingerprint density at radius 3 is 2.64 bits per heavy atom. The number of nitrogens with two attached hydrogens (primary N) is 1. The van der Waals surface area contributed by atoms with Crippen LogP contribution in [0.15, 0.2) is 66.0 Å². The summed E-state index contributed by atoms with van der Waals surface area (Å²) in [6.45, 7) is -0.0721. The summed E-state index contributed by atoms with van der Waals surface area (Å²) < 4.78 is 13.1. The fraction of sp³-hybridized carbons (Fsp3) is 0.250. The first kappa shape index (κ1) is 23.6. The second-order valence-corrected chi connectivity index (χ2v) is 8.15. The van der Waals surface area contributed by atoms with Gasteiger partial charge < -0.3 is 30.5 Å². The smallest absolute Gasteiger partial charge is 0.228 e. The summed E-state index contributed by atoms with van der Waals surface area (Å²) in [4.78, 5) is 12.6. The third-order valence-electron chi connectivity index (χ3n) is 5.80. The summed E-state index contributed by atoms with van der Waals surface area (Å²) in [5.74, 6) is 0.905. The predicted octanol–water partition coefficient (Wildman–Crippen LogP) is 1.04. The third-order valence-corrected chi connectivity index (χ3v) is 5.80. The summed E-state index contributed by atoms with van der Waals surface area (Å²) in [5.41, 5.74) is 11.1. The van der Waals surface area contributed by atoms with E-state index in [9.17, 15) is 15.3 Å². The highest BCUT2D eigenvalue weighted by Crippen LogP contribution is 2.35. The number of hydrogen-bond acceptors (Lipinski definition) is 11. The topological polar surface area (TPSA) is 173 Å². The van der Waals surface area contributed by atoms with Crippen molar-refractivity contribution in [2.45, 2.75) is 31.1 Å². The number of nitrogens with zero attached hydrogens (tertiary/aromatic N) is 5. The van der Waals surface area contributed by atoms with E-state index in [1.54, 1.807) is 6.21 Å². The lowest BCUT2D eigenvalue weighted by atomic mass is 10.1. The number of hydrogen-bond donors (Lipinski definition) is 5. The molecule has 0 spiro atoms. The zero-order valence-corrected chi connectivity index (χ0v) is 19.0. The SMILES string of the molecule is Nc1ncnc2c1nc(NN=Cc1ccccc1OCc1ccccc1)n2[C@@H]1O[C@H](CO)[C@@H](O)[C@H]1O. The zero-order chi connectivity index (χ0) is 25.1. The summed E-state index contributed by atoms with van der Waals surface area (Å²) in [5, 5.41) is 34.6. The van der Waals surface area contributed by atoms with E-state index in [0.29, 0.717) is 12.4 Å². The highest BCUT2D eigenvalue weighted by Gasteiger charge is 2.45. The first-order chi connectivity index (χ1) is 17.6. The van der Waals surface area contributed by atoms with Gasteiger partial charge in [-0.2, -0.15) is 5.10 Å². The Hall–Kier alpha value is -4.10. The van der Waals surface area contributed by atoms with Gasteiger partial charge in [-0.15, -0.1) is 0 Å². The Balaban J connectivity index is 1.41. The number of aliphatic hydroxyl groups is 3. The van der Waals surface area contributed by atoms with E-state index in [-0.39, 0.29) is 22.9 Å². The van der Waals surface area contributed by atoms with Gasteiger partial charge in [-0.3, -0.25) is 4.57 Å². The molecule has 12 heteroatoms. The lowest BCUT2D eigenvalue weighted by Gasteiger charge is -2.18. The number of para-hydroxylation sites is 1. The van der Waals surface area contributed by atoms with E-state index in [0.717, 1.165) is 11.1 Å². The number of aliphatic hydroxyl groups excluding tert-OH is 3. The molecule has 6 N–H and O–H groups in total. The Labute approximate surface area is 205 Å². The molecule has 2 aromatic heterocycles. The first-order valence-electron chi connectivity index (χ1n) is 11.2. The molecule has 0 saturated carbocycles. The van der Waals surface area contributed by atoms with Gasteiger partial charge in [-0.05, 0) is 17.7 Å². The van der Waals surface area contributed by atoms with Crippen molar-refractivity contribution in [3.8, 4) is 5.75 Å². The molecule has 0 aliphatic carbocycles. The molecular weight excluding hydrogens is 466 g/mol. The molecule has 0 radical (unpaired) electrons. The molecule has 5 rings (SSSR count).